The number of carbonyl (C=O) groups is 2. The Hall–Kier alpha value is -3.36. The van der Waals surface area contributed by atoms with Crippen molar-refractivity contribution < 1.29 is 19.1 Å². The van der Waals surface area contributed by atoms with Gasteiger partial charge in [0.25, 0.3) is 5.91 Å². The third-order valence-corrected chi connectivity index (χ3v) is 6.09. The zero-order chi connectivity index (χ0) is 22.1. The van der Waals surface area contributed by atoms with Crippen LogP contribution in [0.4, 0.5) is 4.79 Å². The molecular weight excluding hydrogens is 398 g/mol. The fourth-order valence-corrected chi connectivity index (χ4v) is 4.61. The van der Waals surface area contributed by atoms with Gasteiger partial charge in [0.15, 0.2) is 0 Å². The Morgan fingerprint density at radius 3 is 2.26 bits per heavy atom. The van der Waals surface area contributed by atoms with E-state index in [4.69, 9.17) is 9.47 Å². The van der Waals surface area contributed by atoms with E-state index < -0.39 is 0 Å². The molecule has 2 saturated heterocycles. The van der Waals surface area contributed by atoms with Gasteiger partial charge < -0.3 is 24.2 Å². The molecule has 0 aliphatic carbocycles. The van der Waals surface area contributed by atoms with Gasteiger partial charge in [0.2, 0.25) is 0 Å². The van der Waals surface area contributed by atoms with E-state index in [9.17, 15) is 9.59 Å². The molecule has 164 valence electrons. The van der Waals surface area contributed by atoms with Crippen molar-refractivity contribution in [1.82, 2.24) is 24.7 Å². The van der Waals surface area contributed by atoms with Crippen molar-refractivity contribution in [3.63, 3.8) is 0 Å². The first-order valence-electron chi connectivity index (χ1n) is 10.2. The summed E-state index contributed by atoms with van der Waals surface area (Å²) in [5.41, 5.74) is 1.48. The highest BCUT2D eigenvalue weighted by atomic mass is 16.5. The lowest BCUT2D eigenvalue weighted by molar-refractivity contribution is 0.0765. The SMILES string of the molecule is COc1ccc([C@H]2[C@@H]3CN(C(=O)c4cnc(OC)nc4)C[C@@H]3CN2C(=O)N(C)C)cc1. The zero-order valence-corrected chi connectivity index (χ0v) is 18.2. The molecule has 9 heteroatoms. The molecule has 2 aromatic rings. The smallest absolute Gasteiger partial charge is 0.320 e. The van der Waals surface area contributed by atoms with E-state index >= 15 is 0 Å². The molecule has 2 aliphatic rings. The maximum atomic E-state index is 13.0. The number of urea groups is 1. The summed E-state index contributed by atoms with van der Waals surface area (Å²) in [6.45, 7) is 1.78. The van der Waals surface area contributed by atoms with Gasteiger partial charge in [0.1, 0.15) is 5.75 Å². The summed E-state index contributed by atoms with van der Waals surface area (Å²) in [6, 6.07) is 7.94. The highest BCUT2D eigenvalue weighted by Gasteiger charge is 2.50. The molecule has 0 spiro atoms. The highest BCUT2D eigenvalue weighted by Crippen LogP contribution is 2.45. The van der Waals surface area contributed by atoms with E-state index in [0.717, 1.165) is 11.3 Å². The van der Waals surface area contributed by atoms with Gasteiger partial charge in [-0.3, -0.25) is 4.79 Å². The van der Waals surface area contributed by atoms with Gasteiger partial charge in [-0.1, -0.05) is 12.1 Å². The molecule has 1 aromatic carbocycles. The van der Waals surface area contributed by atoms with Gasteiger partial charge in [-0.25, -0.2) is 14.8 Å². The first kappa shape index (κ1) is 20.9. The van der Waals surface area contributed by atoms with Crippen LogP contribution in [0.3, 0.4) is 0 Å². The number of rotatable bonds is 4. The van der Waals surface area contributed by atoms with Crippen molar-refractivity contribution in [1.29, 1.82) is 0 Å². The molecule has 3 amide bonds. The first-order valence-corrected chi connectivity index (χ1v) is 10.2. The van der Waals surface area contributed by atoms with Crippen molar-refractivity contribution in [3.8, 4) is 11.8 Å². The number of methoxy groups -OCH3 is 2. The standard InChI is InChI=1S/C22H27N5O4/c1-25(2)22(29)27-12-16-11-26(20(28)15-9-23-21(31-4)24-10-15)13-18(16)19(27)14-5-7-17(30-3)8-6-14/h5-10,16,18-19H,11-13H2,1-4H3/t16-,18-,19+/m1/s1. The molecular formula is C22H27N5O4. The number of likely N-dealkylation sites (tertiary alicyclic amines) is 2. The van der Waals surface area contributed by atoms with Crippen LogP contribution in [0, 0.1) is 11.8 Å². The average molecular weight is 425 g/mol. The first-order chi connectivity index (χ1) is 14.9. The summed E-state index contributed by atoms with van der Waals surface area (Å²) < 4.78 is 10.3. The molecule has 4 rings (SSSR count). The molecule has 0 unspecified atom stereocenters. The van der Waals surface area contributed by atoms with Crippen molar-refractivity contribution >= 4 is 11.9 Å². The van der Waals surface area contributed by atoms with Gasteiger partial charge >= 0.3 is 12.0 Å². The minimum absolute atomic E-state index is 0.0170. The quantitative estimate of drug-likeness (QED) is 0.744. The second kappa shape index (κ2) is 8.41. The lowest BCUT2D eigenvalue weighted by Crippen LogP contribution is -2.42. The fourth-order valence-electron chi connectivity index (χ4n) is 4.61. The van der Waals surface area contributed by atoms with Crippen LogP contribution < -0.4 is 9.47 Å². The average Bonchev–Trinajstić information content (AvgIpc) is 3.36. The predicted octanol–water partition coefficient (Wildman–Crippen LogP) is 1.92. The fraction of sp³-hybridized carbons (Fsp3) is 0.455. The minimum atomic E-state index is -0.101. The zero-order valence-electron chi connectivity index (χ0n) is 18.2. The normalized spacial score (nSPS) is 22.3. The van der Waals surface area contributed by atoms with Crippen LogP contribution in [-0.4, -0.2) is 84.6 Å². The molecule has 2 aliphatic heterocycles. The summed E-state index contributed by atoms with van der Waals surface area (Å²) in [6.07, 6.45) is 2.98. The Bertz CT molecular complexity index is 947. The van der Waals surface area contributed by atoms with Crippen LogP contribution in [0.5, 0.6) is 11.8 Å². The van der Waals surface area contributed by atoms with Crippen LogP contribution in [0.1, 0.15) is 22.0 Å². The van der Waals surface area contributed by atoms with Gasteiger partial charge in [-0.2, -0.15) is 0 Å². The second-order valence-corrected chi connectivity index (χ2v) is 8.14. The summed E-state index contributed by atoms with van der Waals surface area (Å²) in [7, 11) is 6.65. The summed E-state index contributed by atoms with van der Waals surface area (Å²) in [5.74, 6) is 1.03. The number of hydrogen-bond donors (Lipinski definition) is 0. The highest BCUT2D eigenvalue weighted by molar-refractivity contribution is 5.94. The number of benzene rings is 1. The molecule has 3 heterocycles. The second-order valence-electron chi connectivity index (χ2n) is 8.14. The van der Waals surface area contributed by atoms with Crippen molar-refractivity contribution in [2.45, 2.75) is 6.04 Å². The van der Waals surface area contributed by atoms with Gasteiger partial charge in [-0.15, -0.1) is 0 Å². The number of amides is 3. The van der Waals surface area contributed by atoms with Gasteiger partial charge in [-0.05, 0) is 17.7 Å². The maximum absolute atomic E-state index is 13.0. The van der Waals surface area contributed by atoms with E-state index in [1.807, 2.05) is 34.1 Å². The van der Waals surface area contributed by atoms with Crippen LogP contribution in [0.25, 0.3) is 0 Å². The Labute approximate surface area is 181 Å². The van der Waals surface area contributed by atoms with Crippen LogP contribution in [0.2, 0.25) is 0 Å². The molecule has 2 fully saturated rings. The third kappa shape index (κ3) is 3.87. The van der Waals surface area contributed by atoms with Crippen LogP contribution >= 0.6 is 0 Å². The minimum Gasteiger partial charge on any atom is -0.497 e. The van der Waals surface area contributed by atoms with Crippen molar-refractivity contribution in [3.05, 3.63) is 47.8 Å². The molecule has 0 bridgehead atoms. The lowest BCUT2D eigenvalue weighted by Gasteiger charge is -2.32. The van der Waals surface area contributed by atoms with Gasteiger partial charge in [0.05, 0.1) is 25.8 Å². The lowest BCUT2D eigenvalue weighted by atomic mass is 9.89. The molecule has 31 heavy (non-hydrogen) atoms. The Morgan fingerprint density at radius 2 is 1.68 bits per heavy atom. The number of hydrogen-bond acceptors (Lipinski definition) is 6. The number of aromatic nitrogens is 2. The number of fused-ring (bicyclic) bond motifs is 1. The van der Waals surface area contributed by atoms with E-state index in [2.05, 4.69) is 9.97 Å². The van der Waals surface area contributed by atoms with E-state index in [1.165, 1.54) is 19.5 Å². The third-order valence-electron chi connectivity index (χ3n) is 6.09. The Morgan fingerprint density at radius 1 is 1.00 bits per heavy atom. The molecule has 1 aromatic heterocycles. The van der Waals surface area contributed by atoms with Gasteiger partial charge in [0, 0.05) is 58.0 Å². The Balaban J connectivity index is 1.58. The summed E-state index contributed by atoms with van der Waals surface area (Å²) in [5, 5.41) is 0. The van der Waals surface area contributed by atoms with Crippen LogP contribution in [-0.2, 0) is 0 Å². The van der Waals surface area contributed by atoms with E-state index in [0.29, 0.717) is 25.2 Å². The molecule has 0 saturated carbocycles. The van der Waals surface area contributed by atoms with Crippen molar-refractivity contribution in [2.75, 3.05) is 47.9 Å². The number of ether oxygens (including phenoxy) is 2. The largest absolute Gasteiger partial charge is 0.497 e. The Kier molecular flexibility index (Phi) is 5.67. The summed E-state index contributed by atoms with van der Waals surface area (Å²) in [4.78, 5) is 39.4. The number of nitrogens with zero attached hydrogens (tertiary/aromatic N) is 5. The predicted molar refractivity (Wildman–Crippen MR) is 113 cm³/mol. The topological polar surface area (TPSA) is 88.1 Å². The van der Waals surface area contributed by atoms with E-state index in [1.54, 1.807) is 26.1 Å². The van der Waals surface area contributed by atoms with Crippen molar-refractivity contribution in [2.24, 2.45) is 11.8 Å². The van der Waals surface area contributed by atoms with E-state index in [-0.39, 0.29) is 35.8 Å². The molecule has 3 atom stereocenters. The molecule has 9 nitrogen and oxygen atoms in total. The monoisotopic (exact) mass is 425 g/mol. The molecule has 0 N–H and O–H groups in total. The number of carbonyl (C=O) groups excluding carboxylic acids is 2. The van der Waals surface area contributed by atoms with Crippen LogP contribution in [0.15, 0.2) is 36.7 Å². The maximum Gasteiger partial charge on any atom is 0.320 e. The molecule has 0 radical (unpaired) electrons. The summed E-state index contributed by atoms with van der Waals surface area (Å²) >= 11 is 0.